The van der Waals surface area contributed by atoms with Gasteiger partial charge >= 0.3 is 0 Å². The van der Waals surface area contributed by atoms with Crippen LogP contribution >= 0.6 is 0 Å². The molecule has 0 heterocycles. The summed E-state index contributed by atoms with van der Waals surface area (Å²) in [5.74, 6) is 0.941. The lowest BCUT2D eigenvalue weighted by Crippen LogP contribution is -2.41. The van der Waals surface area contributed by atoms with Gasteiger partial charge in [-0.1, -0.05) is 20.8 Å². The molecule has 0 saturated heterocycles. The molecule has 0 radical (unpaired) electrons. The largest absolute Gasteiger partial charge is 0.357 e. The average molecular weight is 228 g/mol. The molecule has 0 saturated carbocycles. The first-order chi connectivity index (χ1) is 7.78. The summed E-state index contributed by atoms with van der Waals surface area (Å²) < 4.78 is 0. The van der Waals surface area contributed by atoms with Crippen molar-refractivity contribution in [2.45, 2.75) is 34.1 Å². The first-order valence-electron chi connectivity index (χ1n) is 6.52. The number of hydrogen-bond donors (Lipinski definition) is 2. The summed E-state index contributed by atoms with van der Waals surface area (Å²) in [4.78, 5) is 6.86. The first-order valence-corrected chi connectivity index (χ1v) is 6.52. The maximum absolute atomic E-state index is 4.46. The summed E-state index contributed by atoms with van der Waals surface area (Å²) in [5, 5.41) is 6.60. The monoisotopic (exact) mass is 228 g/mol. The molecule has 0 rings (SSSR count). The van der Waals surface area contributed by atoms with E-state index >= 15 is 0 Å². The Balaban J connectivity index is 3.83. The molecule has 0 aliphatic carbocycles. The van der Waals surface area contributed by atoms with Crippen LogP contribution in [-0.2, 0) is 0 Å². The maximum Gasteiger partial charge on any atom is 0.191 e. The molecule has 0 aromatic rings. The molecule has 4 heteroatoms. The summed E-state index contributed by atoms with van der Waals surface area (Å²) in [7, 11) is 0. The van der Waals surface area contributed by atoms with Crippen molar-refractivity contribution in [1.82, 2.24) is 15.5 Å². The van der Waals surface area contributed by atoms with E-state index in [0.29, 0.717) is 0 Å². The predicted octanol–water partition coefficient (Wildman–Crippen LogP) is 1.29. The number of nitrogens with zero attached hydrogens (tertiary/aromatic N) is 2. The lowest BCUT2D eigenvalue weighted by molar-refractivity contribution is 0.308. The summed E-state index contributed by atoms with van der Waals surface area (Å²) in [6, 6.07) is 0. The van der Waals surface area contributed by atoms with Crippen LogP contribution in [0.3, 0.4) is 0 Å². The Morgan fingerprint density at radius 3 is 2.25 bits per heavy atom. The van der Waals surface area contributed by atoms with Gasteiger partial charge < -0.3 is 15.5 Å². The Kier molecular flexibility index (Phi) is 10.2. The van der Waals surface area contributed by atoms with Gasteiger partial charge in [0.15, 0.2) is 5.96 Å². The molecule has 2 N–H and O–H groups in total. The van der Waals surface area contributed by atoms with E-state index in [1.54, 1.807) is 0 Å². The highest BCUT2D eigenvalue weighted by atomic mass is 15.2. The van der Waals surface area contributed by atoms with E-state index in [1.807, 2.05) is 0 Å². The van der Waals surface area contributed by atoms with Crippen molar-refractivity contribution in [3.05, 3.63) is 0 Å². The molecule has 0 spiro atoms. The second-order valence-electron chi connectivity index (χ2n) is 3.71. The highest BCUT2D eigenvalue weighted by molar-refractivity contribution is 5.79. The number of hydrogen-bond acceptors (Lipinski definition) is 2. The highest BCUT2D eigenvalue weighted by Gasteiger charge is 1.99. The molecule has 0 amide bonds. The molecular formula is C12H28N4. The van der Waals surface area contributed by atoms with Crippen LogP contribution in [0.4, 0.5) is 0 Å². The lowest BCUT2D eigenvalue weighted by Gasteiger charge is -2.19. The lowest BCUT2D eigenvalue weighted by atomic mass is 10.4. The van der Waals surface area contributed by atoms with Crippen LogP contribution in [0.1, 0.15) is 34.1 Å². The number of likely N-dealkylation sites (N-methyl/N-ethyl adjacent to an activating group) is 1. The van der Waals surface area contributed by atoms with Gasteiger partial charge in [0.1, 0.15) is 0 Å². The van der Waals surface area contributed by atoms with Gasteiger partial charge in [0.05, 0.1) is 0 Å². The van der Waals surface area contributed by atoms with Crippen LogP contribution in [0.5, 0.6) is 0 Å². The SMILES string of the molecule is CCCN=C(NCC)NCCN(CC)CC. The zero-order valence-electron chi connectivity index (χ0n) is 11.3. The van der Waals surface area contributed by atoms with Crippen molar-refractivity contribution in [3.8, 4) is 0 Å². The molecule has 0 atom stereocenters. The van der Waals surface area contributed by atoms with Gasteiger partial charge in [-0.25, -0.2) is 0 Å². The van der Waals surface area contributed by atoms with Gasteiger partial charge in [0.25, 0.3) is 0 Å². The molecule has 16 heavy (non-hydrogen) atoms. The summed E-state index contributed by atoms with van der Waals surface area (Å²) in [6.45, 7) is 14.7. The van der Waals surface area contributed by atoms with E-state index in [1.165, 1.54) is 0 Å². The highest BCUT2D eigenvalue weighted by Crippen LogP contribution is 1.84. The Labute approximate surface area is 101 Å². The van der Waals surface area contributed by atoms with Crippen molar-refractivity contribution in [2.24, 2.45) is 4.99 Å². The van der Waals surface area contributed by atoms with Crippen LogP contribution in [0.2, 0.25) is 0 Å². The zero-order chi connectivity index (χ0) is 12.2. The Bertz CT molecular complexity index is 176. The van der Waals surface area contributed by atoms with Crippen LogP contribution in [0, 0.1) is 0 Å². The molecular weight excluding hydrogens is 200 g/mol. The topological polar surface area (TPSA) is 39.7 Å². The molecule has 0 unspecified atom stereocenters. The standard InChI is InChI=1S/C12H28N4/c1-5-9-14-12(13-6-2)15-10-11-16(7-3)8-4/h5-11H2,1-4H3,(H2,13,14,15). The van der Waals surface area contributed by atoms with Crippen LogP contribution in [0.15, 0.2) is 4.99 Å². The molecule has 0 aliphatic rings. The van der Waals surface area contributed by atoms with Gasteiger partial charge in [-0.2, -0.15) is 0 Å². The number of aliphatic imine (C=N–C) groups is 1. The second kappa shape index (κ2) is 10.7. The first kappa shape index (κ1) is 15.2. The molecule has 96 valence electrons. The molecule has 0 fully saturated rings. The van der Waals surface area contributed by atoms with Crippen molar-refractivity contribution < 1.29 is 0 Å². The van der Waals surface area contributed by atoms with E-state index in [-0.39, 0.29) is 0 Å². The number of rotatable bonds is 8. The van der Waals surface area contributed by atoms with Crippen molar-refractivity contribution >= 4 is 5.96 Å². The Morgan fingerprint density at radius 2 is 1.75 bits per heavy atom. The summed E-state index contributed by atoms with van der Waals surface area (Å²) in [6.07, 6.45) is 1.09. The predicted molar refractivity (Wildman–Crippen MR) is 72.1 cm³/mol. The van der Waals surface area contributed by atoms with E-state index in [9.17, 15) is 0 Å². The minimum Gasteiger partial charge on any atom is -0.357 e. The van der Waals surface area contributed by atoms with Gasteiger partial charge in [-0.05, 0) is 26.4 Å². The fourth-order valence-corrected chi connectivity index (χ4v) is 1.44. The third-order valence-electron chi connectivity index (χ3n) is 2.45. The zero-order valence-corrected chi connectivity index (χ0v) is 11.3. The normalized spacial score (nSPS) is 11.9. The van der Waals surface area contributed by atoms with Gasteiger partial charge in [-0.15, -0.1) is 0 Å². The van der Waals surface area contributed by atoms with E-state index in [2.05, 4.69) is 48.2 Å². The molecule has 0 bridgehead atoms. The smallest absolute Gasteiger partial charge is 0.191 e. The van der Waals surface area contributed by atoms with Crippen LogP contribution in [-0.4, -0.2) is 50.1 Å². The maximum atomic E-state index is 4.46. The minimum absolute atomic E-state index is 0.889. The quantitative estimate of drug-likeness (QED) is 0.486. The molecule has 0 aliphatic heterocycles. The third-order valence-corrected chi connectivity index (χ3v) is 2.45. The van der Waals surface area contributed by atoms with Gasteiger partial charge in [0.2, 0.25) is 0 Å². The fourth-order valence-electron chi connectivity index (χ4n) is 1.44. The fraction of sp³-hybridized carbons (Fsp3) is 0.917. The van der Waals surface area contributed by atoms with Crippen LogP contribution < -0.4 is 10.6 Å². The van der Waals surface area contributed by atoms with Crippen molar-refractivity contribution in [3.63, 3.8) is 0 Å². The number of guanidine groups is 1. The Hall–Kier alpha value is -0.770. The van der Waals surface area contributed by atoms with E-state index < -0.39 is 0 Å². The van der Waals surface area contributed by atoms with Crippen molar-refractivity contribution in [2.75, 3.05) is 39.3 Å². The Morgan fingerprint density at radius 1 is 1.06 bits per heavy atom. The molecule has 4 nitrogen and oxygen atoms in total. The summed E-state index contributed by atoms with van der Waals surface area (Å²) >= 11 is 0. The molecule has 0 aromatic carbocycles. The second-order valence-corrected chi connectivity index (χ2v) is 3.71. The third kappa shape index (κ3) is 7.51. The van der Waals surface area contributed by atoms with Gasteiger partial charge in [-0.3, -0.25) is 4.99 Å². The average Bonchev–Trinajstić information content (AvgIpc) is 2.31. The summed E-state index contributed by atoms with van der Waals surface area (Å²) in [5.41, 5.74) is 0. The van der Waals surface area contributed by atoms with Crippen molar-refractivity contribution in [1.29, 1.82) is 0 Å². The van der Waals surface area contributed by atoms with E-state index in [4.69, 9.17) is 0 Å². The van der Waals surface area contributed by atoms with Gasteiger partial charge in [0, 0.05) is 26.2 Å². The van der Waals surface area contributed by atoms with Crippen LogP contribution in [0.25, 0.3) is 0 Å². The van der Waals surface area contributed by atoms with E-state index in [0.717, 1.165) is 51.6 Å². The molecule has 0 aromatic heterocycles. The minimum atomic E-state index is 0.889. The number of nitrogens with one attached hydrogen (secondary N) is 2.